The first-order valence-corrected chi connectivity index (χ1v) is 6.56. The third-order valence-corrected chi connectivity index (χ3v) is 3.55. The third kappa shape index (κ3) is 2.48. The second-order valence-electron chi connectivity index (χ2n) is 4.92. The minimum atomic E-state index is -0.147. The zero-order chi connectivity index (χ0) is 13.9. The zero-order valence-corrected chi connectivity index (χ0v) is 11.0. The molecule has 1 aromatic heterocycles. The lowest BCUT2D eigenvalue weighted by Crippen LogP contribution is -2.35. The quantitative estimate of drug-likeness (QED) is 0.578. The Balaban J connectivity index is 1.65. The fourth-order valence-electron chi connectivity index (χ4n) is 2.53. The second-order valence-corrected chi connectivity index (χ2v) is 4.92. The molecule has 20 heavy (non-hydrogen) atoms. The van der Waals surface area contributed by atoms with Gasteiger partial charge in [0.1, 0.15) is 5.69 Å². The highest BCUT2D eigenvalue weighted by Gasteiger charge is 2.23. The number of carbonyl (C=O) groups is 1. The van der Waals surface area contributed by atoms with Crippen LogP contribution in [0.5, 0.6) is 0 Å². The fraction of sp³-hybridized carbons (Fsp3) is 0.200. The number of hydrazine groups is 1. The summed E-state index contributed by atoms with van der Waals surface area (Å²) in [6.07, 6.45) is 3.30. The molecule has 1 aromatic carbocycles. The van der Waals surface area contributed by atoms with Crippen molar-refractivity contribution in [3.8, 4) is 0 Å². The summed E-state index contributed by atoms with van der Waals surface area (Å²) in [4.78, 5) is 16.2. The van der Waals surface area contributed by atoms with Crippen molar-refractivity contribution in [2.24, 2.45) is 5.84 Å². The molecule has 102 valence electrons. The molecule has 5 nitrogen and oxygen atoms in total. The molecule has 0 aliphatic heterocycles. The SMILES string of the molecule is NNc1ccc(C(=O)NC2Cc3ccccc3C2)nc1. The standard InChI is InChI=1S/C15H16N4O/c16-19-12-5-6-14(17-9-12)15(20)18-13-7-10-3-1-2-4-11(10)8-13/h1-6,9,13,19H,7-8,16H2,(H,18,20). The molecular weight excluding hydrogens is 252 g/mol. The highest BCUT2D eigenvalue weighted by molar-refractivity contribution is 5.92. The van der Waals surface area contributed by atoms with Crippen LogP contribution in [-0.4, -0.2) is 16.9 Å². The Bertz CT molecular complexity index is 599. The van der Waals surface area contributed by atoms with E-state index >= 15 is 0 Å². The number of amides is 1. The minimum absolute atomic E-state index is 0.147. The van der Waals surface area contributed by atoms with Crippen LogP contribution in [-0.2, 0) is 12.8 Å². The molecule has 0 fully saturated rings. The number of aromatic nitrogens is 1. The smallest absolute Gasteiger partial charge is 0.270 e. The number of nitrogens with zero attached hydrogens (tertiary/aromatic N) is 1. The Morgan fingerprint density at radius 3 is 2.40 bits per heavy atom. The Morgan fingerprint density at radius 2 is 1.85 bits per heavy atom. The molecule has 0 radical (unpaired) electrons. The molecule has 5 heteroatoms. The molecule has 1 amide bonds. The highest BCUT2D eigenvalue weighted by atomic mass is 16.1. The average Bonchev–Trinajstić information content (AvgIpc) is 2.89. The molecule has 0 saturated heterocycles. The zero-order valence-electron chi connectivity index (χ0n) is 11.0. The number of hydrogen-bond donors (Lipinski definition) is 3. The molecular formula is C15H16N4O. The van der Waals surface area contributed by atoms with Crippen molar-refractivity contribution in [2.75, 3.05) is 5.43 Å². The van der Waals surface area contributed by atoms with Crippen LogP contribution in [0.3, 0.4) is 0 Å². The molecule has 0 atom stereocenters. The van der Waals surface area contributed by atoms with Crippen molar-refractivity contribution < 1.29 is 4.79 Å². The third-order valence-electron chi connectivity index (χ3n) is 3.55. The molecule has 1 aliphatic rings. The van der Waals surface area contributed by atoms with Crippen LogP contribution in [0.1, 0.15) is 21.6 Å². The first-order valence-electron chi connectivity index (χ1n) is 6.56. The molecule has 1 heterocycles. The molecule has 2 aromatic rings. The van der Waals surface area contributed by atoms with Gasteiger partial charge in [-0.3, -0.25) is 10.6 Å². The lowest BCUT2D eigenvalue weighted by molar-refractivity contribution is 0.0933. The van der Waals surface area contributed by atoms with E-state index < -0.39 is 0 Å². The van der Waals surface area contributed by atoms with Gasteiger partial charge in [0.05, 0.1) is 11.9 Å². The Kier molecular flexibility index (Phi) is 3.35. The van der Waals surface area contributed by atoms with Gasteiger partial charge in [-0.25, -0.2) is 4.98 Å². The van der Waals surface area contributed by atoms with Gasteiger partial charge < -0.3 is 10.7 Å². The van der Waals surface area contributed by atoms with E-state index in [1.807, 2.05) is 12.1 Å². The van der Waals surface area contributed by atoms with Crippen LogP contribution >= 0.6 is 0 Å². The van der Waals surface area contributed by atoms with Crippen LogP contribution in [0, 0.1) is 0 Å². The number of hydrogen-bond acceptors (Lipinski definition) is 4. The van der Waals surface area contributed by atoms with Gasteiger partial charge in [-0.05, 0) is 36.1 Å². The van der Waals surface area contributed by atoms with E-state index in [-0.39, 0.29) is 11.9 Å². The highest BCUT2D eigenvalue weighted by Crippen LogP contribution is 2.21. The normalized spacial score (nSPS) is 13.8. The summed E-state index contributed by atoms with van der Waals surface area (Å²) in [6, 6.07) is 11.8. The van der Waals surface area contributed by atoms with E-state index in [4.69, 9.17) is 5.84 Å². The van der Waals surface area contributed by atoms with Gasteiger partial charge in [0.25, 0.3) is 5.91 Å². The van der Waals surface area contributed by atoms with Crippen molar-refractivity contribution in [3.63, 3.8) is 0 Å². The second kappa shape index (κ2) is 5.30. The number of rotatable bonds is 3. The molecule has 0 saturated carbocycles. The summed E-state index contributed by atoms with van der Waals surface area (Å²) in [7, 11) is 0. The number of fused-ring (bicyclic) bond motifs is 1. The van der Waals surface area contributed by atoms with Crippen LogP contribution in [0.4, 0.5) is 5.69 Å². The first kappa shape index (κ1) is 12.6. The van der Waals surface area contributed by atoms with E-state index in [1.165, 1.54) is 17.3 Å². The van der Waals surface area contributed by atoms with Crippen molar-refractivity contribution in [1.82, 2.24) is 10.3 Å². The topological polar surface area (TPSA) is 80.0 Å². The molecule has 4 N–H and O–H groups in total. The Labute approximate surface area is 117 Å². The van der Waals surface area contributed by atoms with Gasteiger partial charge in [0.2, 0.25) is 0 Å². The van der Waals surface area contributed by atoms with Crippen LogP contribution in [0.2, 0.25) is 0 Å². The van der Waals surface area contributed by atoms with E-state index in [2.05, 4.69) is 27.9 Å². The Hall–Kier alpha value is -2.40. The molecule has 3 rings (SSSR count). The van der Waals surface area contributed by atoms with Crippen LogP contribution < -0.4 is 16.6 Å². The maximum Gasteiger partial charge on any atom is 0.270 e. The van der Waals surface area contributed by atoms with Crippen molar-refractivity contribution in [2.45, 2.75) is 18.9 Å². The van der Waals surface area contributed by atoms with Gasteiger partial charge in [-0.15, -0.1) is 0 Å². The number of pyridine rings is 1. The lowest BCUT2D eigenvalue weighted by Gasteiger charge is -2.11. The first-order chi connectivity index (χ1) is 9.76. The summed E-state index contributed by atoms with van der Waals surface area (Å²) in [5.74, 6) is 5.12. The van der Waals surface area contributed by atoms with E-state index in [9.17, 15) is 4.79 Å². The maximum absolute atomic E-state index is 12.1. The van der Waals surface area contributed by atoms with Crippen molar-refractivity contribution in [3.05, 3.63) is 59.4 Å². The summed E-state index contributed by atoms with van der Waals surface area (Å²) >= 11 is 0. The summed E-state index contributed by atoms with van der Waals surface area (Å²) < 4.78 is 0. The number of nitrogens with one attached hydrogen (secondary N) is 2. The van der Waals surface area contributed by atoms with E-state index in [0.717, 1.165) is 12.8 Å². The number of anilines is 1. The van der Waals surface area contributed by atoms with Crippen molar-refractivity contribution in [1.29, 1.82) is 0 Å². The molecule has 1 aliphatic carbocycles. The predicted octanol–water partition coefficient (Wildman–Crippen LogP) is 1.26. The van der Waals surface area contributed by atoms with Crippen LogP contribution in [0.25, 0.3) is 0 Å². The van der Waals surface area contributed by atoms with Crippen LogP contribution in [0.15, 0.2) is 42.6 Å². The number of benzene rings is 1. The van der Waals surface area contributed by atoms with Gasteiger partial charge >= 0.3 is 0 Å². The van der Waals surface area contributed by atoms with Gasteiger partial charge in [0.15, 0.2) is 0 Å². The van der Waals surface area contributed by atoms with Gasteiger partial charge in [-0.1, -0.05) is 24.3 Å². The summed E-state index contributed by atoms with van der Waals surface area (Å²) in [5.41, 5.74) is 6.19. The molecule has 0 spiro atoms. The molecule has 0 unspecified atom stereocenters. The largest absolute Gasteiger partial charge is 0.347 e. The summed E-state index contributed by atoms with van der Waals surface area (Å²) in [6.45, 7) is 0. The van der Waals surface area contributed by atoms with Gasteiger partial charge in [-0.2, -0.15) is 0 Å². The monoisotopic (exact) mass is 268 g/mol. The van der Waals surface area contributed by atoms with Gasteiger partial charge in [0, 0.05) is 6.04 Å². The molecule has 0 bridgehead atoms. The Morgan fingerprint density at radius 1 is 1.15 bits per heavy atom. The maximum atomic E-state index is 12.1. The number of carbonyl (C=O) groups excluding carboxylic acids is 1. The predicted molar refractivity (Wildman–Crippen MR) is 77.2 cm³/mol. The minimum Gasteiger partial charge on any atom is -0.347 e. The van der Waals surface area contributed by atoms with Crippen molar-refractivity contribution >= 4 is 11.6 Å². The summed E-state index contributed by atoms with van der Waals surface area (Å²) in [5, 5.41) is 3.03. The lowest BCUT2D eigenvalue weighted by atomic mass is 10.1. The van der Waals surface area contributed by atoms with E-state index in [0.29, 0.717) is 11.4 Å². The number of nitrogen functional groups attached to an aromatic ring is 1. The average molecular weight is 268 g/mol. The van der Waals surface area contributed by atoms with E-state index in [1.54, 1.807) is 12.1 Å². The fourth-order valence-corrected chi connectivity index (χ4v) is 2.53. The number of nitrogens with two attached hydrogens (primary N) is 1.